The molecule has 20 heavy (non-hydrogen) atoms. The molecule has 1 rings (SSSR count). The van der Waals surface area contributed by atoms with Gasteiger partial charge in [0.2, 0.25) is 0 Å². The average molecular weight is 282 g/mol. The first-order chi connectivity index (χ1) is 9.67. The van der Waals surface area contributed by atoms with Crippen molar-refractivity contribution in [2.45, 2.75) is 71.9 Å². The third-order valence-corrected chi connectivity index (χ3v) is 4.08. The maximum Gasteiger partial charge on any atom is 0.191 e. The first kappa shape index (κ1) is 17.3. The summed E-state index contributed by atoms with van der Waals surface area (Å²) in [5.74, 6) is 0.999. The molecule has 2 N–H and O–H groups in total. The van der Waals surface area contributed by atoms with Crippen molar-refractivity contribution < 1.29 is 0 Å². The molecule has 1 fully saturated rings. The number of hydrogen-bond donors (Lipinski definition) is 2. The topological polar surface area (TPSA) is 39.7 Å². The highest BCUT2D eigenvalue weighted by molar-refractivity contribution is 5.80. The van der Waals surface area contributed by atoms with Crippen molar-refractivity contribution in [3.63, 3.8) is 0 Å². The van der Waals surface area contributed by atoms with Crippen LogP contribution < -0.4 is 10.6 Å². The van der Waals surface area contributed by atoms with Crippen LogP contribution in [0.1, 0.15) is 59.8 Å². The van der Waals surface area contributed by atoms with E-state index in [4.69, 9.17) is 4.99 Å². The lowest BCUT2D eigenvalue weighted by molar-refractivity contribution is 0.240. The predicted molar refractivity (Wildman–Crippen MR) is 88.4 cm³/mol. The van der Waals surface area contributed by atoms with Crippen LogP contribution >= 0.6 is 0 Å². The van der Waals surface area contributed by atoms with Crippen LogP contribution in [0.3, 0.4) is 0 Å². The highest BCUT2D eigenvalue weighted by Crippen LogP contribution is 2.17. The van der Waals surface area contributed by atoms with Gasteiger partial charge in [-0.05, 0) is 40.2 Å². The van der Waals surface area contributed by atoms with Gasteiger partial charge >= 0.3 is 0 Å². The van der Waals surface area contributed by atoms with Crippen molar-refractivity contribution in [1.29, 1.82) is 0 Å². The molecule has 0 saturated heterocycles. The van der Waals surface area contributed by atoms with Crippen LogP contribution in [-0.2, 0) is 0 Å². The second-order valence-electron chi connectivity index (χ2n) is 5.96. The van der Waals surface area contributed by atoms with Gasteiger partial charge in [0, 0.05) is 25.2 Å². The van der Waals surface area contributed by atoms with Crippen molar-refractivity contribution in [3.8, 4) is 0 Å². The monoisotopic (exact) mass is 282 g/mol. The molecule has 0 aromatic heterocycles. The second kappa shape index (κ2) is 10.0. The van der Waals surface area contributed by atoms with Crippen LogP contribution in [0.5, 0.6) is 0 Å². The molecule has 118 valence electrons. The van der Waals surface area contributed by atoms with Crippen LogP contribution in [0.2, 0.25) is 0 Å². The Labute approximate surface area is 125 Å². The standard InChI is InChI=1S/C16H34N4/c1-5-17-16(19-15-10-8-7-9-11-15)18-12-13-20(6-2)14(3)4/h14-15H,5-13H2,1-4H3,(H2,17,18,19). The molecule has 0 bridgehead atoms. The van der Waals surface area contributed by atoms with Crippen LogP contribution in [0.15, 0.2) is 4.99 Å². The Morgan fingerprint density at radius 2 is 1.90 bits per heavy atom. The van der Waals surface area contributed by atoms with E-state index in [1.165, 1.54) is 32.1 Å². The van der Waals surface area contributed by atoms with Crippen molar-refractivity contribution in [3.05, 3.63) is 0 Å². The second-order valence-corrected chi connectivity index (χ2v) is 5.96. The average Bonchev–Trinajstić information content (AvgIpc) is 2.44. The van der Waals surface area contributed by atoms with Crippen LogP contribution in [0.4, 0.5) is 0 Å². The number of nitrogens with zero attached hydrogens (tertiary/aromatic N) is 2. The summed E-state index contributed by atoms with van der Waals surface area (Å²) in [4.78, 5) is 7.18. The van der Waals surface area contributed by atoms with Gasteiger partial charge < -0.3 is 10.6 Å². The zero-order valence-corrected chi connectivity index (χ0v) is 13.9. The molecule has 1 aliphatic rings. The van der Waals surface area contributed by atoms with Gasteiger partial charge in [-0.2, -0.15) is 0 Å². The molecule has 4 heteroatoms. The van der Waals surface area contributed by atoms with E-state index >= 15 is 0 Å². The smallest absolute Gasteiger partial charge is 0.191 e. The number of likely N-dealkylation sites (N-methyl/N-ethyl adjacent to an activating group) is 1. The van der Waals surface area contributed by atoms with E-state index in [1.807, 2.05) is 0 Å². The summed E-state index contributed by atoms with van der Waals surface area (Å²) in [6.07, 6.45) is 6.68. The van der Waals surface area contributed by atoms with Gasteiger partial charge in [0.05, 0.1) is 6.54 Å². The van der Waals surface area contributed by atoms with Gasteiger partial charge in [-0.1, -0.05) is 26.2 Å². The number of aliphatic imine (C=N–C) groups is 1. The van der Waals surface area contributed by atoms with Gasteiger partial charge in [0.25, 0.3) is 0 Å². The SMILES string of the molecule is CCNC(=NCCN(CC)C(C)C)NC1CCCCC1. The minimum atomic E-state index is 0.601. The zero-order valence-electron chi connectivity index (χ0n) is 13.9. The molecule has 1 aliphatic carbocycles. The Balaban J connectivity index is 2.40. The van der Waals surface area contributed by atoms with Gasteiger partial charge in [0.15, 0.2) is 5.96 Å². The molecule has 1 saturated carbocycles. The summed E-state index contributed by atoms with van der Waals surface area (Å²) in [6, 6.07) is 1.22. The molecule has 0 aliphatic heterocycles. The molecule has 0 amide bonds. The fourth-order valence-electron chi connectivity index (χ4n) is 2.83. The molecule has 0 unspecified atom stereocenters. The number of rotatable bonds is 7. The summed E-state index contributed by atoms with van der Waals surface area (Å²) in [6.45, 7) is 12.8. The number of hydrogen-bond acceptors (Lipinski definition) is 2. The van der Waals surface area contributed by atoms with Crippen LogP contribution in [0.25, 0.3) is 0 Å². The minimum absolute atomic E-state index is 0.601. The lowest BCUT2D eigenvalue weighted by atomic mass is 9.96. The Morgan fingerprint density at radius 3 is 2.45 bits per heavy atom. The van der Waals surface area contributed by atoms with E-state index in [2.05, 4.69) is 43.2 Å². The normalized spacial score (nSPS) is 17.8. The van der Waals surface area contributed by atoms with Crippen molar-refractivity contribution in [1.82, 2.24) is 15.5 Å². The lowest BCUT2D eigenvalue weighted by Gasteiger charge is -2.26. The number of nitrogens with one attached hydrogen (secondary N) is 2. The van der Waals surface area contributed by atoms with Crippen LogP contribution in [0, 0.1) is 0 Å². The van der Waals surface area contributed by atoms with E-state index in [0.717, 1.165) is 32.1 Å². The van der Waals surface area contributed by atoms with Crippen molar-refractivity contribution >= 4 is 5.96 Å². The zero-order chi connectivity index (χ0) is 14.8. The van der Waals surface area contributed by atoms with E-state index in [9.17, 15) is 0 Å². The molecule has 0 radical (unpaired) electrons. The van der Waals surface area contributed by atoms with Crippen LogP contribution in [-0.4, -0.2) is 49.1 Å². The number of guanidine groups is 1. The maximum absolute atomic E-state index is 4.73. The summed E-state index contributed by atoms with van der Waals surface area (Å²) in [7, 11) is 0. The molecule has 0 aromatic carbocycles. The summed E-state index contributed by atoms with van der Waals surface area (Å²) >= 11 is 0. The van der Waals surface area contributed by atoms with E-state index in [1.54, 1.807) is 0 Å². The summed E-state index contributed by atoms with van der Waals surface area (Å²) < 4.78 is 0. The molecule has 4 nitrogen and oxygen atoms in total. The van der Waals surface area contributed by atoms with E-state index in [-0.39, 0.29) is 0 Å². The van der Waals surface area contributed by atoms with Gasteiger partial charge in [-0.25, -0.2) is 0 Å². The molecule has 0 heterocycles. The first-order valence-corrected chi connectivity index (χ1v) is 8.46. The highest BCUT2D eigenvalue weighted by Gasteiger charge is 2.14. The summed E-state index contributed by atoms with van der Waals surface area (Å²) in [5.41, 5.74) is 0. The Hall–Kier alpha value is -0.770. The third kappa shape index (κ3) is 6.60. The fraction of sp³-hybridized carbons (Fsp3) is 0.938. The van der Waals surface area contributed by atoms with Crippen molar-refractivity contribution in [2.24, 2.45) is 4.99 Å². The predicted octanol–water partition coefficient (Wildman–Crippen LogP) is 2.60. The molecule has 0 aromatic rings. The highest BCUT2D eigenvalue weighted by atomic mass is 15.2. The molecular formula is C16H34N4. The van der Waals surface area contributed by atoms with E-state index in [0.29, 0.717) is 12.1 Å². The van der Waals surface area contributed by atoms with Crippen molar-refractivity contribution in [2.75, 3.05) is 26.2 Å². The fourth-order valence-corrected chi connectivity index (χ4v) is 2.83. The molecule has 0 spiro atoms. The van der Waals surface area contributed by atoms with Gasteiger partial charge in [-0.3, -0.25) is 9.89 Å². The Bertz CT molecular complexity index is 270. The lowest BCUT2D eigenvalue weighted by Crippen LogP contribution is -2.44. The van der Waals surface area contributed by atoms with Gasteiger partial charge in [0.1, 0.15) is 0 Å². The first-order valence-electron chi connectivity index (χ1n) is 8.46. The Morgan fingerprint density at radius 1 is 1.20 bits per heavy atom. The summed E-state index contributed by atoms with van der Waals surface area (Å²) in [5, 5.41) is 6.97. The maximum atomic E-state index is 4.73. The minimum Gasteiger partial charge on any atom is -0.357 e. The van der Waals surface area contributed by atoms with Gasteiger partial charge in [-0.15, -0.1) is 0 Å². The largest absolute Gasteiger partial charge is 0.357 e. The molecular weight excluding hydrogens is 248 g/mol. The Kier molecular flexibility index (Phi) is 8.67. The van der Waals surface area contributed by atoms with E-state index < -0.39 is 0 Å². The third-order valence-electron chi connectivity index (χ3n) is 4.08. The molecule has 0 atom stereocenters. The quantitative estimate of drug-likeness (QED) is 0.557.